The minimum absolute atomic E-state index is 0.0257. The van der Waals surface area contributed by atoms with E-state index in [1.807, 2.05) is 26.2 Å². The molecule has 0 aliphatic heterocycles. The zero-order valence-corrected chi connectivity index (χ0v) is 15.3. The van der Waals surface area contributed by atoms with Crippen LogP contribution in [-0.2, 0) is 16.6 Å². The maximum Gasteiger partial charge on any atom is 0.224 e. The summed E-state index contributed by atoms with van der Waals surface area (Å²) < 4.78 is 0. The smallest absolute Gasteiger partial charge is 0.224 e. The van der Waals surface area contributed by atoms with E-state index in [2.05, 4.69) is 60.2 Å². The molecule has 0 saturated heterocycles. The monoisotopic (exact) mass is 325 g/mol. The molecule has 1 aromatic carbocycles. The third-order valence-corrected chi connectivity index (χ3v) is 3.91. The number of benzene rings is 1. The van der Waals surface area contributed by atoms with Crippen molar-refractivity contribution in [3.05, 3.63) is 53.9 Å². The maximum atomic E-state index is 12.2. The highest BCUT2D eigenvalue weighted by Gasteiger charge is 2.15. The normalized spacial score (nSPS) is 11.2. The Morgan fingerprint density at radius 2 is 1.79 bits per heavy atom. The van der Waals surface area contributed by atoms with Crippen molar-refractivity contribution >= 4 is 17.3 Å². The highest BCUT2D eigenvalue weighted by atomic mass is 16.1. The fourth-order valence-electron chi connectivity index (χ4n) is 2.36. The quantitative estimate of drug-likeness (QED) is 0.903. The van der Waals surface area contributed by atoms with Gasteiger partial charge in [-0.15, -0.1) is 0 Å². The van der Waals surface area contributed by atoms with Crippen LogP contribution in [0.25, 0.3) is 0 Å². The van der Waals surface area contributed by atoms with Crippen LogP contribution in [0, 0.1) is 0 Å². The molecule has 0 atom stereocenters. The molecular weight excluding hydrogens is 298 g/mol. The molecule has 0 aliphatic rings. The Kier molecular flexibility index (Phi) is 5.60. The van der Waals surface area contributed by atoms with Crippen LogP contribution in [0.15, 0.2) is 42.6 Å². The van der Waals surface area contributed by atoms with E-state index in [4.69, 9.17) is 0 Å². The summed E-state index contributed by atoms with van der Waals surface area (Å²) in [4.78, 5) is 18.6. The molecule has 2 aromatic rings. The summed E-state index contributed by atoms with van der Waals surface area (Å²) in [6.07, 6.45) is 2.95. The summed E-state index contributed by atoms with van der Waals surface area (Å²) >= 11 is 0. The van der Waals surface area contributed by atoms with Gasteiger partial charge in [0.05, 0.1) is 0 Å². The van der Waals surface area contributed by atoms with Gasteiger partial charge in [-0.1, -0.05) is 32.9 Å². The molecule has 4 nitrogen and oxygen atoms in total. The number of carbonyl (C=O) groups excluding carboxylic acids is 1. The fraction of sp³-hybridized carbons (Fsp3) is 0.400. The van der Waals surface area contributed by atoms with Crippen LogP contribution in [0.5, 0.6) is 0 Å². The van der Waals surface area contributed by atoms with E-state index < -0.39 is 0 Å². The van der Waals surface area contributed by atoms with E-state index in [1.165, 1.54) is 5.56 Å². The van der Waals surface area contributed by atoms with E-state index in [9.17, 15) is 4.79 Å². The predicted molar refractivity (Wildman–Crippen MR) is 101 cm³/mol. The van der Waals surface area contributed by atoms with E-state index >= 15 is 0 Å². The van der Waals surface area contributed by atoms with Gasteiger partial charge in [0.1, 0.15) is 0 Å². The fourth-order valence-corrected chi connectivity index (χ4v) is 2.36. The van der Waals surface area contributed by atoms with Gasteiger partial charge in [-0.25, -0.2) is 0 Å². The van der Waals surface area contributed by atoms with E-state index in [0.29, 0.717) is 6.42 Å². The summed E-state index contributed by atoms with van der Waals surface area (Å²) in [5.41, 5.74) is 4.08. The highest BCUT2D eigenvalue weighted by molar-refractivity contribution is 5.90. The van der Waals surface area contributed by atoms with Gasteiger partial charge in [0.2, 0.25) is 5.91 Å². The van der Waals surface area contributed by atoms with E-state index in [-0.39, 0.29) is 11.3 Å². The number of amides is 1. The number of hydrogen-bond donors (Lipinski definition) is 1. The summed E-state index contributed by atoms with van der Waals surface area (Å²) in [6, 6.07) is 12.1. The molecule has 1 N–H and O–H groups in total. The predicted octanol–water partition coefficient (Wildman–Crippen LogP) is 4.02. The van der Waals surface area contributed by atoms with Gasteiger partial charge in [-0.3, -0.25) is 9.78 Å². The molecule has 128 valence electrons. The van der Waals surface area contributed by atoms with Crippen LogP contribution in [0.2, 0.25) is 0 Å². The maximum absolute atomic E-state index is 12.2. The van der Waals surface area contributed by atoms with Crippen molar-refractivity contribution in [2.45, 2.75) is 39.0 Å². The summed E-state index contributed by atoms with van der Waals surface area (Å²) in [7, 11) is 4.03. The van der Waals surface area contributed by atoms with Crippen molar-refractivity contribution < 1.29 is 4.79 Å². The largest absolute Gasteiger partial charge is 0.378 e. The van der Waals surface area contributed by atoms with Gasteiger partial charge in [0.15, 0.2) is 0 Å². The minimum atomic E-state index is -0.0328. The molecule has 4 heteroatoms. The molecule has 2 rings (SSSR count). The van der Waals surface area contributed by atoms with E-state index in [0.717, 1.165) is 23.5 Å². The molecule has 0 fully saturated rings. The number of anilines is 2. The van der Waals surface area contributed by atoms with Crippen molar-refractivity contribution in [3.63, 3.8) is 0 Å². The van der Waals surface area contributed by atoms with Gasteiger partial charge in [0.25, 0.3) is 0 Å². The van der Waals surface area contributed by atoms with Crippen molar-refractivity contribution in [1.29, 1.82) is 0 Å². The Balaban J connectivity index is 1.92. The summed E-state index contributed by atoms with van der Waals surface area (Å²) in [5, 5.41) is 2.97. The first-order valence-electron chi connectivity index (χ1n) is 8.28. The van der Waals surface area contributed by atoms with Gasteiger partial charge in [-0.2, -0.15) is 0 Å². The number of pyridine rings is 1. The third-order valence-electron chi connectivity index (χ3n) is 3.91. The molecule has 0 spiro atoms. The Labute approximate surface area is 144 Å². The second-order valence-electron chi connectivity index (χ2n) is 7.29. The van der Waals surface area contributed by atoms with Gasteiger partial charge >= 0.3 is 0 Å². The number of hydrogen-bond acceptors (Lipinski definition) is 3. The molecule has 1 aromatic heterocycles. The van der Waals surface area contributed by atoms with Crippen LogP contribution >= 0.6 is 0 Å². The van der Waals surface area contributed by atoms with Crippen molar-refractivity contribution in [3.8, 4) is 0 Å². The second-order valence-corrected chi connectivity index (χ2v) is 7.29. The number of aromatic nitrogens is 1. The third kappa shape index (κ3) is 5.08. The van der Waals surface area contributed by atoms with Gasteiger partial charge in [-0.05, 0) is 36.2 Å². The number of aryl methyl sites for hydroxylation is 1. The molecule has 0 radical (unpaired) electrons. The average Bonchev–Trinajstić information content (AvgIpc) is 2.53. The Morgan fingerprint density at radius 1 is 1.12 bits per heavy atom. The van der Waals surface area contributed by atoms with Crippen LogP contribution in [0.4, 0.5) is 11.4 Å². The van der Waals surface area contributed by atoms with E-state index in [1.54, 1.807) is 6.20 Å². The highest BCUT2D eigenvalue weighted by Crippen LogP contribution is 2.22. The summed E-state index contributed by atoms with van der Waals surface area (Å²) in [5.74, 6) is 0.0257. The Morgan fingerprint density at radius 3 is 2.38 bits per heavy atom. The molecule has 0 aliphatic carbocycles. The zero-order chi connectivity index (χ0) is 17.7. The molecule has 24 heavy (non-hydrogen) atoms. The first kappa shape index (κ1) is 18.0. The standard InChI is InChI=1S/C20H27N3O/c1-20(2,3)18-14-16(12-13-21-18)22-19(24)11-8-15-6-9-17(10-7-15)23(4)5/h6-7,9-10,12-14H,8,11H2,1-5H3,(H,21,22,24). The summed E-state index contributed by atoms with van der Waals surface area (Å²) in [6.45, 7) is 6.33. The average molecular weight is 325 g/mol. The van der Waals surface area contributed by atoms with Crippen LogP contribution in [0.1, 0.15) is 38.4 Å². The number of rotatable bonds is 5. The molecule has 0 bridgehead atoms. The lowest BCUT2D eigenvalue weighted by Gasteiger charge is -2.18. The van der Waals surface area contributed by atoms with Crippen molar-refractivity contribution in [2.75, 3.05) is 24.3 Å². The van der Waals surface area contributed by atoms with Gasteiger partial charge < -0.3 is 10.2 Å². The molecule has 0 saturated carbocycles. The number of nitrogens with zero attached hydrogens (tertiary/aromatic N) is 2. The lowest BCUT2D eigenvalue weighted by atomic mass is 9.91. The number of nitrogens with one attached hydrogen (secondary N) is 1. The molecule has 0 unspecified atom stereocenters. The van der Waals surface area contributed by atoms with Crippen LogP contribution in [0.3, 0.4) is 0 Å². The Hall–Kier alpha value is -2.36. The zero-order valence-electron chi connectivity index (χ0n) is 15.3. The number of carbonyl (C=O) groups is 1. The molecule has 1 heterocycles. The van der Waals surface area contributed by atoms with Crippen LogP contribution < -0.4 is 10.2 Å². The minimum Gasteiger partial charge on any atom is -0.378 e. The lowest BCUT2D eigenvalue weighted by molar-refractivity contribution is -0.116. The second kappa shape index (κ2) is 7.47. The molecular formula is C20H27N3O. The van der Waals surface area contributed by atoms with Crippen LogP contribution in [-0.4, -0.2) is 25.0 Å². The molecule has 1 amide bonds. The first-order chi connectivity index (χ1) is 11.3. The Bertz CT molecular complexity index is 685. The van der Waals surface area contributed by atoms with Crippen molar-refractivity contribution in [2.24, 2.45) is 0 Å². The lowest BCUT2D eigenvalue weighted by Crippen LogP contribution is -2.16. The van der Waals surface area contributed by atoms with Gasteiger partial charge in [0, 0.05) is 49.2 Å². The first-order valence-corrected chi connectivity index (χ1v) is 8.28. The SMILES string of the molecule is CN(C)c1ccc(CCC(=O)Nc2ccnc(C(C)(C)C)c2)cc1. The topological polar surface area (TPSA) is 45.2 Å². The van der Waals surface area contributed by atoms with Crippen molar-refractivity contribution in [1.82, 2.24) is 4.98 Å².